The third-order valence-electron chi connectivity index (χ3n) is 3.84. The Morgan fingerprint density at radius 2 is 1.26 bits per heavy atom. The van der Waals surface area contributed by atoms with Crippen molar-refractivity contribution in [3.05, 3.63) is 11.4 Å². The molecule has 138 valence electrons. The van der Waals surface area contributed by atoms with Crippen LogP contribution in [0, 0.1) is 0 Å². The van der Waals surface area contributed by atoms with E-state index in [1.54, 1.807) is 5.82 Å². The van der Waals surface area contributed by atoms with Gasteiger partial charge in [-0.1, -0.05) is 71.3 Å². The minimum absolute atomic E-state index is 0.515. The van der Waals surface area contributed by atoms with Gasteiger partial charge in [0.05, 0.1) is 13.2 Å². The summed E-state index contributed by atoms with van der Waals surface area (Å²) in [4.78, 5) is 0. The van der Waals surface area contributed by atoms with E-state index < -0.39 is 7.60 Å². The first-order valence-electron chi connectivity index (χ1n) is 9.65. The van der Waals surface area contributed by atoms with E-state index >= 15 is 0 Å². The van der Waals surface area contributed by atoms with Crippen LogP contribution in [0.25, 0.3) is 0 Å². The van der Waals surface area contributed by atoms with Gasteiger partial charge in [0.15, 0.2) is 0 Å². The van der Waals surface area contributed by atoms with Gasteiger partial charge >= 0.3 is 7.60 Å². The molecule has 0 amide bonds. The maximum absolute atomic E-state index is 12.8. The average molecular weight is 346 g/mol. The van der Waals surface area contributed by atoms with Crippen LogP contribution in [0.2, 0.25) is 0 Å². The molecule has 4 heteroatoms. The second-order valence-corrected chi connectivity index (χ2v) is 8.26. The van der Waals surface area contributed by atoms with E-state index in [1.807, 2.05) is 6.92 Å². The lowest BCUT2D eigenvalue weighted by atomic mass is 10.1. The Labute approximate surface area is 144 Å². The van der Waals surface area contributed by atoms with Crippen LogP contribution in [0.1, 0.15) is 98.3 Å². The Hall–Kier alpha value is -0.110. The van der Waals surface area contributed by atoms with Crippen LogP contribution in [0.5, 0.6) is 0 Å². The molecule has 0 radical (unpaired) electrons. The van der Waals surface area contributed by atoms with Gasteiger partial charge in [-0.3, -0.25) is 4.57 Å². The predicted molar refractivity (Wildman–Crippen MR) is 101 cm³/mol. The van der Waals surface area contributed by atoms with Crippen LogP contribution in [0.4, 0.5) is 0 Å². The van der Waals surface area contributed by atoms with Gasteiger partial charge in [0.1, 0.15) is 0 Å². The molecule has 0 spiro atoms. The molecule has 0 saturated carbocycles. The Morgan fingerprint density at radius 1 is 0.783 bits per heavy atom. The molecule has 0 heterocycles. The Morgan fingerprint density at radius 3 is 1.78 bits per heavy atom. The molecular formula is C19H39O3P. The second-order valence-electron chi connectivity index (χ2n) is 6.41. The Kier molecular flexibility index (Phi) is 15.3. The molecule has 0 rings (SSSR count). The lowest BCUT2D eigenvalue weighted by Crippen LogP contribution is -1.98. The van der Waals surface area contributed by atoms with Gasteiger partial charge in [0.25, 0.3) is 0 Å². The highest BCUT2D eigenvalue weighted by molar-refractivity contribution is 7.57. The minimum Gasteiger partial charge on any atom is -0.306 e. The highest BCUT2D eigenvalue weighted by Gasteiger charge is 2.21. The van der Waals surface area contributed by atoms with Crippen molar-refractivity contribution >= 4 is 7.60 Å². The van der Waals surface area contributed by atoms with Crippen molar-refractivity contribution in [2.45, 2.75) is 98.3 Å². The number of allylic oxidation sites excluding steroid dienone is 1. The monoisotopic (exact) mass is 346 g/mol. The Balaban J connectivity index is 4.30. The number of hydrogen-bond donors (Lipinski definition) is 0. The third kappa shape index (κ3) is 14.0. The summed E-state index contributed by atoms with van der Waals surface area (Å²) in [6.07, 6.45) is 12.6. The highest BCUT2D eigenvalue weighted by atomic mass is 31.2. The summed E-state index contributed by atoms with van der Waals surface area (Å²) in [6, 6.07) is 0. The van der Waals surface area contributed by atoms with Crippen LogP contribution >= 0.6 is 7.60 Å². The topological polar surface area (TPSA) is 35.5 Å². The van der Waals surface area contributed by atoms with Gasteiger partial charge in [-0.25, -0.2) is 0 Å². The summed E-state index contributed by atoms with van der Waals surface area (Å²) >= 11 is 0. The average Bonchev–Trinajstić information content (AvgIpc) is 2.51. The molecule has 0 bridgehead atoms. The zero-order valence-electron chi connectivity index (χ0n) is 15.9. The molecule has 0 fully saturated rings. The summed E-state index contributed by atoms with van der Waals surface area (Å²) in [6.45, 7) is 9.52. The molecule has 23 heavy (non-hydrogen) atoms. The molecule has 0 aliphatic heterocycles. The van der Waals surface area contributed by atoms with Crippen molar-refractivity contribution in [2.75, 3.05) is 13.2 Å². The third-order valence-corrected chi connectivity index (χ3v) is 5.68. The van der Waals surface area contributed by atoms with E-state index in [4.69, 9.17) is 9.05 Å². The Bertz CT molecular complexity index is 326. The molecule has 0 aromatic heterocycles. The zero-order valence-corrected chi connectivity index (χ0v) is 16.8. The van der Waals surface area contributed by atoms with Crippen molar-refractivity contribution < 1.29 is 13.6 Å². The largest absolute Gasteiger partial charge is 0.354 e. The van der Waals surface area contributed by atoms with E-state index in [0.717, 1.165) is 44.1 Å². The molecular weight excluding hydrogens is 307 g/mol. The lowest BCUT2D eigenvalue weighted by molar-refractivity contribution is 0.207. The van der Waals surface area contributed by atoms with Crippen molar-refractivity contribution in [2.24, 2.45) is 0 Å². The van der Waals surface area contributed by atoms with Crippen LogP contribution in [-0.4, -0.2) is 13.2 Å². The molecule has 0 N–H and O–H groups in total. The summed E-state index contributed by atoms with van der Waals surface area (Å²) in [5.41, 5.74) is 1.14. The first-order chi connectivity index (χ1) is 11.1. The van der Waals surface area contributed by atoms with E-state index in [1.165, 1.54) is 32.1 Å². The van der Waals surface area contributed by atoms with Gasteiger partial charge in [0, 0.05) is 5.82 Å². The van der Waals surface area contributed by atoms with Gasteiger partial charge in [-0.15, -0.1) is 0 Å². The molecule has 0 saturated heterocycles. The van der Waals surface area contributed by atoms with E-state index in [9.17, 15) is 4.57 Å². The highest BCUT2D eigenvalue weighted by Crippen LogP contribution is 2.51. The van der Waals surface area contributed by atoms with Crippen molar-refractivity contribution in [3.8, 4) is 0 Å². The molecule has 0 aliphatic rings. The standard InChI is InChI=1S/C19H39O3P/c1-5-8-11-12-13-14-15-19(4)18-23(20,21-16-9-6-2)22-17-10-7-3/h18H,5-17H2,1-4H3/b19-18+. The maximum atomic E-state index is 12.8. The van der Waals surface area contributed by atoms with Crippen LogP contribution < -0.4 is 0 Å². The van der Waals surface area contributed by atoms with Gasteiger partial charge in [0.2, 0.25) is 0 Å². The van der Waals surface area contributed by atoms with Crippen LogP contribution in [0.3, 0.4) is 0 Å². The van der Waals surface area contributed by atoms with Crippen molar-refractivity contribution in [3.63, 3.8) is 0 Å². The first kappa shape index (κ1) is 22.9. The fraction of sp³-hybridized carbons (Fsp3) is 0.895. The first-order valence-corrected chi connectivity index (χ1v) is 11.3. The van der Waals surface area contributed by atoms with Crippen LogP contribution in [0.15, 0.2) is 11.4 Å². The fourth-order valence-corrected chi connectivity index (χ4v) is 3.96. The summed E-state index contributed by atoms with van der Waals surface area (Å²) < 4.78 is 24.0. The smallest absolute Gasteiger partial charge is 0.306 e. The zero-order chi connectivity index (χ0) is 17.4. The second kappa shape index (κ2) is 15.4. The molecule has 0 aromatic rings. The summed E-state index contributed by atoms with van der Waals surface area (Å²) in [5, 5.41) is 0. The van der Waals surface area contributed by atoms with Crippen molar-refractivity contribution in [1.29, 1.82) is 0 Å². The predicted octanol–water partition coefficient (Wildman–Crippen LogP) is 7.47. The van der Waals surface area contributed by atoms with Gasteiger partial charge in [-0.05, 0) is 32.6 Å². The lowest BCUT2D eigenvalue weighted by Gasteiger charge is -2.16. The van der Waals surface area contributed by atoms with E-state index in [2.05, 4.69) is 20.8 Å². The van der Waals surface area contributed by atoms with Crippen LogP contribution in [-0.2, 0) is 13.6 Å². The van der Waals surface area contributed by atoms with Gasteiger partial charge in [-0.2, -0.15) is 0 Å². The summed E-state index contributed by atoms with van der Waals surface area (Å²) in [7, 11) is -3.06. The van der Waals surface area contributed by atoms with E-state index in [0.29, 0.717) is 13.2 Å². The quantitative estimate of drug-likeness (QED) is 0.215. The minimum atomic E-state index is -3.06. The number of rotatable bonds is 16. The number of unbranched alkanes of at least 4 members (excludes halogenated alkanes) is 7. The maximum Gasteiger partial charge on any atom is 0.354 e. The van der Waals surface area contributed by atoms with E-state index in [-0.39, 0.29) is 0 Å². The van der Waals surface area contributed by atoms with Gasteiger partial charge < -0.3 is 9.05 Å². The molecule has 3 nitrogen and oxygen atoms in total. The number of hydrogen-bond acceptors (Lipinski definition) is 3. The molecule has 0 aliphatic carbocycles. The van der Waals surface area contributed by atoms with Crippen molar-refractivity contribution in [1.82, 2.24) is 0 Å². The normalized spacial score (nSPS) is 12.8. The summed E-state index contributed by atoms with van der Waals surface area (Å²) in [5.74, 6) is 1.77. The molecule has 0 atom stereocenters. The SMILES string of the molecule is CCCCCCCC/C(C)=C/P(=O)(OCCCC)OCCCC. The molecule has 0 aromatic carbocycles. The molecule has 0 unspecified atom stereocenters. The fourth-order valence-electron chi connectivity index (χ4n) is 2.30.